The fourth-order valence-corrected chi connectivity index (χ4v) is 3.33. The lowest BCUT2D eigenvalue weighted by atomic mass is 10.3. The molecule has 2 aromatic heterocycles. The summed E-state index contributed by atoms with van der Waals surface area (Å²) >= 11 is 0. The second kappa shape index (κ2) is 5.29. The van der Waals surface area contributed by atoms with Gasteiger partial charge in [-0.15, -0.1) is 0 Å². The minimum atomic E-state index is -3.69. The normalized spacial score (nSPS) is 11.8. The molecule has 0 aliphatic rings. The molecule has 0 fully saturated rings. The minimum absolute atomic E-state index is 0.141. The van der Waals surface area contributed by atoms with Gasteiger partial charge < -0.3 is 9.73 Å². The van der Waals surface area contributed by atoms with Crippen LogP contribution in [0.15, 0.2) is 15.4 Å². The van der Waals surface area contributed by atoms with E-state index in [1.165, 1.54) is 6.07 Å². The first-order chi connectivity index (χ1) is 9.35. The van der Waals surface area contributed by atoms with Crippen LogP contribution < -0.4 is 10.0 Å². The van der Waals surface area contributed by atoms with Gasteiger partial charge >= 0.3 is 0 Å². The third kappa shape index (κ3) is 2.70. The van der Waals surface area contributed by atoms with Crippen LogP contribution >= 0.6 is 0 Å². The molecule has 0 aliphatic carbocycles. The molecule has 0 radical (unpaired) electrons. The maximum atomic E-state index is 12.4. The van der Waals surface area contributed by atoms with E-state index in [1.807, 2.05) is 0 Å². The summed E-state index contributed by atoms with van der Waals surface area (Å²) in [5.41, 5.74) is 1.74. The van der Waals surface area contributed by atoms with Crippen molar-refractivity contribution in [3.8, 4) is 0 Å². The number of nitrogens with zero attached hydrogens (tertiary/aromatic N) is 1. The van der Waals surface area contributed by atoms with Crippen molar-refractivity contribution in [3.63, 3.8) is 0 Å². The van der Waals surface area contributed by atoms with Crippen LogP contribution in [0.3, 0.4) is 0 Å². The number of hydrogen-bond acceptors (Lipinski definition) is 5. The van der Waals surface area contributed by atoms with E-state index >= 15 is 0 Å². The summed E-state index contributed by atoms with van der Waals surface area (Å²) in [6, 6.07) is 1.53. The van der Waals surface area contributed by atoms with E-state index in [1.54, 1.807) is 27.8 Å². The molecule has 0 amide bonds. The molecule has 20 heavy (non-hydrogen) atoms. The number of hydrogen-bond donors (Lipinski definition) is 3. The number of rotatable bonds is 5. The molecule has 2 heterocycles. The average molecular weight is 298 g/mol. The summed E-state index contributed by atoms with van der Waals surface area (Å²) in [5, 5.41) is 9.62. The lowest BCUT2D eigenvalue weighted by Gasteiger charge is -2.06. The van der Waals surface area contributed by atoms with Gasteiger partial charge in [0.2, 0.25) is 0 Å². The second-order valence-corrected chi connectivity index (χ2v) is 6.23. The number of aromatic amines is 1. The summed E-state index contributed by atoms with van der Waals surface area (Å²) in [5.74, 6) is 0.938. The maximum Gasteiger partial charge on any atom is 0.265 e. The van der Waals surface area contributed by atoms with Gasteiger partial charge in [-0.25, -0.2) is 8.42 Å². The molecule has 2 rings (SSSR count). The number of furan rings is 1. The molecule has 0 aliphatic heterocycles. The molecule has 2 aromatic rings. The Kier molecular flexibility index (Phi) is 3.87. The van der Waals surface area contributed by atoms with Crippen LogP contribution in [-0.2, 0) is 16.6 Å². The van der Waals surface area contributed by atoms with E-state index < -0.39 is 10.0 Å². The van der Waals surface area contributed by atoms with E-state index in [9.17, 15) is 8.42 Å². The third-order valence-corrected chi connectivity index (χ3v) is 4.39. The van der Waals surface area contributed by atoms with Gasteiger partial charge in [-0.05, 0) is 27.8 Å². The zero-order valence-corrected chi connectivity index (χ0v) is 12.7. The monoisotopic (exact) mass is 298 g/mol. The van der Waals surface area contributed by atoms with E-state index in [2.05, 4.69) is 20.2 Å². The third-order valence-electron chi connectivity index (χ3n) is 2.93. The Morgan fingerprint density at radius 3 is 2.60 bits per heavy atom. The van der Waals surface area contributed by atoms with E-state index in [0.29, 0.717) is 35.1 Å². The predicted molar refractivity (Wildman–Crippen MR) is 75.1 cm³/mol. The first-order valence-electron chi connectivity index (χ1n) is 6.13. The zero-order valence-electron chi connectivity index (χ0n) is 11.9. The highest BCUT2D eigenvalue weighted by atomic mass is 32.2. The SMILES string of the molecule is CNCc1cc(S(=O)(=O)Nc2c(C)n[nH]c2C)c(C)o1. The number of aromatic nitrogens is 2. The van der Waals surface area contributed by atoms with Gasteiger partial charge in [0, 0.05) is 6.07 Å². The van der Waals surface area contributed by atoms with E-state index in [4.69, 9.17) is 4.42 Å². The number of nitrogens with one attached hydrogen (secondary N) is 3. The Bertz CT molecular complexity index is 696. The van der Waals surface area contributed by atoms with Crippen LogP contribution in [-0.4, -0.2) is 25.7 Å². The molecule has 0 atom stereocenters. The van der Waals surface area contributed by atoms with Crippen molar-refractivity contribution in [2.24, 2.45) is 0 Å². The standard InChI is InChI=1S/C12H18N4O3S/c1-7-12(8(2)15-14-7)16-20(17,18)11-5-10(6-13-4)19-9(11)3/h5,13,16H,6H2,1-4H3,(H,14,15). The van der Waals surface area contributed by atoms with Gasteiger partial charge in [0.25, 0.3) is 10.0 Å². The summed E-state index contributed by atoms with van der Waals surface area (Å²) in [7, 11) is -1.92. The topological polar surface area (TPSA) is 100 Å². The van der Waals surface area contributed by atoms with Crippen LogP contribution in [0.4, 0.5) is 5.69 Å². The van der Waals surface area contributed by atoms with Crippen molar-refractivity contribution in [1.29, 1.82) is 0 Å². The molecular formula is C12H18N4O3S. The fraction of sp³-hybridized carbons (Fsp3) is 0.417. The highest BCUT2D eigenvalue weighted by Crippen LogP contribution is 2.25. The Morgan fingerprint density at radius 1 is 1.35 bits per heavy atom. The molecule has 110 valence electrons. The van der Waals surface area contributed by atoms with Crippen LogP contribution in [0.1, 0.15) is 22.9 Å². The van der Waals surface area contributed by atoms with Gasteiger partial charge in [-0.2, -0.15) is 5.10 Å². The number of sulfonamides is 1. The van der Waals surface area contributed by atoms with Gasteiger partial charge in [0.15, 0.2) is 0 Å². The number of anilines is 1. The molecule has 8 heteroatoms. The van der Waals surface area contributed by atoms with Crippen molar-refractivity contribution in [3.05, 3.63) is 29.0 Å². The van der Waals surface area contributed by atoms with Crippen LogP contribution in [0, 0.1) is 20.8 Å². The highest BCUT2D eigenvalue weighted by molar-refractivity contribution is 7.92. The summed E-state index contributed by atoms with van der Waals surface area (Å²) < 4.78 is 32.8. The minimum Gasteiger partial charge on any atom is -0.464 e. The Labute approximate surface area is 117 Å². The van der Waals surface area contributed by atoms with E-state index in [0.717, 1.165) is 0 Å². The highest BCUT2D eigenvalue weighted by Gasteiger charge is 2.23. The molecule has 7 nitrogen and oxygen atoms in total. The second-order valence-electron chi connectivity index (χ2n) is 4.58. The smallest absolute Gasteiger partial charge is 0.265 e. The molecule has 0 aromatic carbocycles. The number of H-pyrrole nitrogens is 1. The molecule has 0 saturated carbocycles. The molecule has 0 unspecified atom stereocenters. The maximum absolute atomic E-state index is 12.4. The Hall–Kier alpha value is -1.80. The van der Waals surface area contributed by atoms with Crippen LogP contribution in [0.2, 0.25) is 0 Å². The molecule has 0 spiro atoms. The van der Waals surface area contributed by atoms with Gasteiger partial charge in [0.1, 0.15) is 16.4 Å². The van der Waals surface area contributed by atoms with Crippen molar-refractivity contribution < 1.29 is 12.8 Å². The van der Waals surface area contributed by atoms with Crippen molar-refractivity contribution >= 4 is 15.7 Å². The quantitative estimate of drug-likeness (QED) is 0.775. The number of aryl methyl sites for hydroxylation is 3. The molecule has 0 saturated heterocycles. The van der Waals surface area contributed by atoms with E-state index in [-0.39, 0.29) is 4.90 Å². The summed E-state index contributed by atoms with van der Waals surface area (Å²) in [6.45, 7) is 5.59. The van der Waals surface area contributed by atoms with Gasteiger partial charge in [0.05, 0.1) is 23.6 Å². The van der Waals surface area contributed by atoms with Crippen LogP contribution in [0.5, 0.6) is 0 Å². The summed E-state index contributed by atoms with van der Waals surface area (Å²) in [6.07, 6.45) is 0. The largest absolute Gasteiger partial charge is 0.464 e. The first kappa shape index (κ1) is 14.6. The molecular weight excluding hydrogens is 280 g/mol. The molecule has 3 N–H and O–H groups in total. The first-order valence-corrected chi connectivity index (χ1v) is 7.61. The lowest BCUT2D eigenvalue weighted by molar-refractivity contribution is 0.466. The van der Waals surface area contributed by atoms with Gasteiger partial charge in [-0.1, -0.05) is 0 Å². The predicted octanol–water partition coefficient (Wildman–Crippen LogP) is 1.45. The zero-order chi connectivity index (χ0) is 14.9. The van der Waals surface area contributed by atoms with Crippen molar-refractivity contribution in [1.82, 2.24) is 15.5 Å². The lowest BCUT2D eigenvalue weighted by Crippen LogP contribution is -2.14. The Morgan fingerprint density at radius 2 is 2.05 bits per heavy atom. The van der Waals surface area contributed by atoms with Crippen LogP contribution in [0.25, 0.3) is 0 Å². The van der Waals surface area contributed by atoms with Gasteiger partial charge in [-0.3, -0.25) is 9.82 Å². The Balaban J connectivity index is 2.36. The van der Waals surface area contributed by atoms with Crippen molar-refractivity contribution in [2.45, 2.75) is 32.2 Å². The fourth-order valence-electron chi connectivity index (χ4n) is 1.94. The average Bonchev–Trinajstić information content (AvgIpc) is 2.87. The molecule has 0 bridgehead atoms. The summed E-state index contributed by atoms with van der Waals surface area (Å²) in [4.78, 5) is 0.141. The van der Waals surface area contributed by atoms with Crippen molar-refractivity contribution in [2.75, 3.05) is 11.8 Å².